The van der Waals surface area contributed by atoms with Gasteiger partial charge in [0.25, 0.3) is 0 Å². The van der Waals surface area contributed by atoms with Crippen LogP contribution in [0.4, 0.5) is 0 Å². The molecule has 1 N–H and O–H groups in total. The van der Waals surface area contributed by atoms with Crippen molar-refractivity contribution in [1.82, 2.24) is 10.4 Å². The van der Waals surface area contributed by atoms with Crippen LogP contribution >= 0.6 is 0 Å². The average Bonchev–Trinajstić information content (AvgIpc) is 2.70. The van der Waals surface area contributed by atoms with Crippen molar-refractivity contribution in [2.24, 2.45) is 5.92 Å². The highest BCUT2D eigenvalue weighted by Crippen LogP contribution is 2.47. The molecule has 0 saturated carbocycles. The summed E-state index contributed by atoms with van der Waals surface area (Å²) in [5.74, 6) is 0.462. The standard InChI is InChI=1S/C24H40N2O2/c1-8-14-22(27)25-21-17-23(6,9-2)26(24(7,10-3)18(21)4)28-19(5)20-15-12-11-13-16-20/h11-13,15-16,18-19,21H,8-10,14,17H2,1-7H3,(H,25,27). The van der Waals surface area contributed by atoms with Gasteiger partial charge in [-0.05, 0) is 57.9 Å². The molecule has 5 unspecified atom stereocenters. The van der Waals surface area contributed by atoms with Crippen molar-refractivity contribution in [3.8, 4) is 0 Å². The van der Waals surface area contributed by atoms with Gasteiger partial charge >= 0.3 is 0 Å². The molecular formula is C24H40N2O2. The lowest BCUT2D eigenvalue weighted by atomic mass is 9.68. The van der Waals surface area contributed by atoms with Crippen molar-refractivity contribution in [1.29, 1.82) is 0 Å². The van der Waals surface area contributed by atoms with Gasteiger partial charge in [0.15, 0.2) is 0 Å². The summed E-state index contributed by atoms with van der Waals surface area (Å²) >= 11 is 0. The first-order valence-electron chi connectivity index (χ1n) is 11.0. The number of piperidine rings is 1. The zero-order chi connectivity index (χ0) is 20.9. The second-order valence-electron chi connectivity index (χ2n) is 8.93. The van der Waals surface area contributed by atoms with Gasteiger partial charge in [-0.2, -0.15) is 5.06 Å². The van der Waals surface area contributed by atoms with E-state index in [0.29, 0.717) is 12.3 Å². The molecule has 0 aromatic heterocycles. The SMILES string of the molecule is CCCC(=O)NC1CC(C)(CC)N(OC(C)c2ccccc2)C(C)(CC)C1C. The smallest absolute Gasteiger partial charge is 0.220 e. The molecule has 1 fully saturated rings. The third-order valence-electron chi connectivity index (χ3n) is 7.03. The number of carbonyl (C=O) groups excluding carboxylic acids is 1. The second-order valence-corrected chi connectivity index (χ2v) is 8.93. The minimum atomic E-state index is -0.157. The van der Waals surface area contributed by atoms with Crippen molar-refractivity contribution in [2.75, 3.05) is 0 Å². The van der Waals surface area contributed by atoms with Crippen molar-refractivity contribution in [3.05, 3.63) is 35.9 Å². The monoisotopic (exact) mass is 388 g/mol. The maximum atomic E-state index is 12.3. The average molecular weight is 389 g/mol. The van der Waals surface area contributed by atoms with Crippen LogP contribution in [0.2, 0.25) is 0 Å². The minimum Gasteiger partial charge on any atom is -0.353 e. The summed E-state index contributed by atoms with van der Waals surface area (Å²) in [6.45, 7) is 15.5. The Balaban J connectivity index is 2.31. The van der Waals surface area contributed by atoms with Gasteiger partial charge in [-0.3, -0.25) is 9.63 Å². The first-order valence-corrected chi connectivity index (χ1v) is 11.0. The van der Waals surface area contributed by atoms with Gasteiger partial charge in [-0.1, -0.05) is 58.0 Å². The van der Waals surface area contributed by atoms with Gasteiger partial charge in [0.1, 0.15) is 6.10 Å². The number of amides is 1. The minimum absolute atomic E-state index is 0.0172. The number of rotatable bonds is 8. The van der Waals surface area contributed by atoms with E-state index in [-0.39, 0.29) is 29.1 Å². The van der Waals surface area contributed by atoms with Crippen LogP contribution in [0.1, 0.15) is 92.2 Å². The molecule has 0 bridgehead atoms. The zero-order valence-corrected chi connectivity index (χ0v) is 18.9. The van der Waals surface area contributed by atoms with Gasteiger partial charge in [0, 0.05) is 23.5 Å². The molecule has 4 heteroatoms. The third kappa shape index (κ3) is 4.60. The first-order chi connectivity index (χ1) is 13.2. The molecule has 1 aliphatic heterocycles. The lowest BCUT2D eigenvalue weighted by Gasteiger charge is -2.60. The van der Waals surface area contributed by atoms with E-state index in [4.69, 9.17) is 4.84 Å². The fourth-order valence-corrected chi connectivity index (χ4v) is 4.59. The maximum absolute atomic E-state index is 12.3. The second kappa shape index (κ2) is 9.41. The van der Waals surface area contributed by atoms with Crippen LogP contribution in [0.25, 0.3) is 0 Å². The van der Waals surface area contributed by atoms with E-state index in [2.05, 4.69) is 83.1 Å². The Kier molecular flexibility index (Phi) is 7.69. The molecule has 2 rings (SSSR count). The molecule has 1 amide bonds. The molecule has 0 radical (unpaired) electrons. The molecule has 1 heterocycles. The number of nitrogens with one attached hydrogen (secondary N) is 1. The van der Waals surface area contributed by atoms with E-state index in [9.17, 15) is 4.79 Å². The van der Waals surface area contributed by atoms with Gasteiger partial charge in [-0.15, -0.1) is 0 Å². The van der Waals surface area contributed by atoms with E-state index in [0.717, 1.165) is 25.7 Å². The molecule has 5 atom stereocenters. The molecule has 1 saturated heterocycles. The molecule has 1 aromatic rings. The van der Waals surface area contributed by atoms with E-state index >= 15 is 0 Å². The summed E-state index contributed by atoms with van der Waals surface area (Å²) < 4.78 is 0. The molecule has 0 aliphatic carbocycles. The van der Waals surface area contributed by atoms with E-state index in [1.807, 2.05) is 6.07 Å². The van der Waals surface area contributed by atoms with Crippen molar-refractivity contribution in [2.45, 2.75) is 104 Å². The van der Waals surface area contributed by atoms with Gasteiger partial charge in [-0.25, -0.2) is 0 Å². The van der Waals surface area contributed by atoms with E-state index < -0.39 is 0 Å². The Morgan fingerprint density at radius 1 is 1.21 bits per heavy atom. The van der Waals surface area contributed by atoms with Crippen LogP contribution < -0.4 is 5.32 Å². The molecule has 1 aromatic carbocycles. The number of benzene rings is 1. The van der Waals surface area contributed by atoms with E-state index in [1.165, 1.54) is 5.56 Å². The number of hydrogen-bond acceptors (Lipinski definition) is 3. The summed E-state index contributed by atoms with van der Waals surface area (Å²) in [6.07, 6.45) is 4.29. The molecular weight excluding hydrogens is 348 g/mol. The fraction of sp³-hybridized carbons (Fsp3) is 0.708. The normalized spacial score (nSPS) is 32.1. The highest BCUT2D eigenvalue weighted by Gasteiger charge is 2.54. The predicted molar refractivity (Wildman–Crippen MR) is 116 cm³/mol. The zero-order valence-electron chi connectivity index (χ0n) is 18.9. The number of hydroxylamine groups is 2. The van der Waals surface area contributed by atoms with Gasteiger partial charge in [0.2, 0.25) is 5.91 Å². The quantitative estimate of drug-likeness (QED) is 0.626. The predicted octanol–water partition coefficient (Wildman–Crippen LogP) is 5.64. The molecule has 28 heavy (non-hydrogen) atoms. The lowest BCUT2D eigenvalue weighted by Crippen LogP contribution is -2.70. The van der Waals surface area contributed by atoms with Crippen molar-refractivity contribution < 1.29 is 9.63 Å². The maximum Gasteiger partial charge on any atom is 0.220 e. The van der Waals surface area contributed by atoms with Crippen LogP contribution in [-0.4, -0.2) is 28.1 Å². The number of nitrogens with zero attached hydrogens (tertiary/aromatic N) is 1. The summed E-state index contributed by atoms with van der Waals surface area (Å²) in [4.78, 5) is 19.0. The summed E-state index contributed by atoms with van der Waals surface area (Å²) in [5.41, 5.74) is 0.895. The first kappa shape index (κ1) is 22.9. The largest absolute Gasteiger partial charge is 0.353 e. The highest BCUT2D eigenvalue weighted by molar-refractivity contribution is 5.76. The van der Waals surface area contributed by atoms with Crippen LogP contribution in [0, 0.1) is 5.92 Å². The Morgan fingerprint density at radius 2 is 1.86 bits per heavy atom. The Labute approximate surface area is 172 Å². The topological polar surface area (TPSA) is 41.6 Å². The number of carbonyl (C=O) groups is 1. The van der Waals surface area contributed by atoms with Crippen LogP contribution in [0.3, 0.4) is 0 Å². The summed E-state index contributed by atoms with van der Waals surface area (Å²) in [7, 11) is 0. The van der Waals surface area contributed by atoms with Crippen molar-refractivity contribution in [3.63, 3.8) is 0 Å². The third-order valence-corrected chi connectivity index (χ3v) is 7.03. The molecule has 158 valence electrons. The lowest BCUT2D eigenvalue weighted by molar-refractivity contribution is -0.327. The van der Waals surface area contributed by atoms with E-state index in [1.54, 1.807) is 0 Å². The van der Waals surface area contributed by atoms with Crippen LogP contribution in [-0.2, 0) is 9.63 Å². The Hall–Kier alpha value is -1.39. The number of hydrogen-bond donors (Lipinski definition) is 1. The highest BCUT2D eigenvalue weighted by atomic mass is 16.7. The van der Waals surface area contributed by atoms with Gasteiger partial charge in [0.05, 0.1) is 0 Å². The molecule has 1 aliphatic rings. The Bertz CT molecular complexity index is 635. The van der Waals surface area contributed by atoms with Crippen LogP contribution in [0.5, 0.6) is 0 Å². The Morgan fingerprint density at radius 3 is 2.39 bits per heavy atom. The summed E-state index contributed by atoms with van der Waals surface area (Å²) in [5, 5.41) is 5.62. The van der Waals surface area contributed by atoms with Crippen molar-refractivity contribution >= 4 is 5.91 Å². The summed E-state index contributed by atoms with van der Waals surface area (Å²) in [6, 6.07) is 10.6. The van der Waals surface area contributed by atoms with Gasteiger partial charge < -0.3 is 5.32 Å². The molecule has 0 spiro atoms. The molecule has 4 nitrogen and oxygen atoms in total. The van der Waals surface area contributed by atoms with Crippen LogP contribution in [0.15, 0.2) is 30.3 Å². The fourth-order valence-electron chi connectivity index (χ4n) is 4.59.